The molecule has 6 aromatic rings. The SMILES string of the molecule is CCC(CC)C(=O)/C=C(\O)C(CC)CC.[CH2-][n+]1c(-c2[c-]ccc3c2sc2ccccc23)cc(C2CCCC2)c2c3ccccc3ccc21.[Ir]. The number of carbonyl (C=O) groups is 1. The molecule has 1 saturated carbocycles. The van der Waals surface area contributed by atoms with E-state index >= 15 is 0 Å². The van der Waals surface area contributed by atoms with E-state index in [0.717, 1.165) is 36.9 Å². The van der Waals surface area contributed by atoms with Crippen molar-refractivity contribution in [1.82, 2.24) is 0 Å². The predicted molar refractivity (Wildman–Crippen MR) is 205 cm³/mol. The molecule has 5 heteroatoms. The second-order valence-corrected chi connectivity index (χ2v) is 14.3. The predicted octanol–water partition coefficient (Wildman–Crippen LogP) is 12.3. The molecular formula is C44H48IrNO2S-. The molecule has 7 rings (SSSR count). The molecule has 0 unspecified atom stereocenters. The summed E-state index contributed by atoms with van der Waals surface area (Å²) in [6.45, 7) is 8.07. The maximum absolute atomic E-state index is 11.7. The van der Waals surface area contributed by atoms with Gasteiger partial charge in [-0.05, 0) is 89.1 Å². The van der Waals surface area contributed by atoms with Gasteiger partial charge in [-0.25, -0.2) is 0 Å². The van der Waals surface area contributed by atoms with Crippen LogP contribution in [0.25, 0.3) is 53.1 Å². The summed E-state index contributed by atoms with van der Waals surface area (Å²) >= 11 is 1.87. The zero-order valence-corrected chi connectivity index (χ0v) is 32.4. The number of nitrogens with zero attached hydrogens (tertiary/aromatic N) is 1. The van der Waals surface area contributed by atoms with Crippen molar-refractivity contribution in [2.75, 3.05) is 0 Å². The summed E-state index contributed by atoms with van der Waals surface area (Å²) in [5.74, 6) is 1.16. The van der Waals surface area contributed by atoms with E-state index in [1.807, 2.05) is 39.0 Å². The van der Waals surface area contributed by atoms with Gasteiger partial charge in [0.05, 0.1) is 5.76 Å². The number of fused-ring (bicyclic) bond motifs is 6. The topological polar surface area (TPSA) is 41.2 Å². The first-order valence-electron chi connectivity index (χ1n) is 17.9. The maximum Gasteiger partial charge on any atom is 0.162 e. The minimum atomic E-state index is 0. The fraction of sp³-hybridized carbons (Fsp3) is 0.341. The summed E-state index contributed by atoms with van der Waals surface area (Å²) in [6.07, 6.45) is 10.1. The van der Waals surface area contributed by atoms with Crippen LogP contribution >= 0.6 is 11.3 Å². The first-order chi connectivity index (χ1) is 23.4. The van der Waals surface area contributed by atoms with Crippen LogP contribution in [-0.4, -0.2) is 10.9 Å². The zero-order valence-electron chi connectivity index (χ0n) is 29.2. The van der Waals surface area contributed by atoms with E-state index in [0.29, 0.717) is 5.92 Å². The van der Waals surface area contributed by atoms with Gasteiger partial charge in [0, 0.05) is 55.2 Å². The van der Waals surface area contributed by atoms with E-state index in [1.54, 1.807) is 0 Å². The van der Waals surface area contributed by atoms with E-state index in [9.17, 15) is 9.90 Å². The quantitative estimate of drug-likeness (QED) is 0.0518. The summed E-state index contributed by atoms with van der Waals surface area (Å²) in [5.41, 5.74) is 5.02. The van der Waals surface area contributed by atoms with Crippen LogP contribution in [0.2, 0.25) is 0 Å². The van der Waals surface area contributed by atoms with Crippen LogP contribution in [0.4, 0.5) is 0 Å². The molecule has 0 amide bonds. The molecule has 4 aromatic carbocycles. The first kappa shape index (κ1) is 36.8. The first-order valence-corrected chi connectivity index (χ1v) is 18.7. The molecule has 257 valence electrons. The number of hydrogen-bond acceptors (Lipinski definition) is 3. The molecule has 1 N–H and O–H groups in total. The number of aliphatic hydroxyl groups is 1. The number of aromatic nitrogens is 1. The maximum atomic E-state index is 11.7. The summed E-state index contributed by atoms with van der Waals surface area (Å²) in [4.78, 5) is 11.7. The van der Waals surface area contributed by atoms with Crippen LogP contribution in [-0.2, 0) is 24.9 Å². The number of benzene rings is 4. The second-order valence-electron chi connectivity index (χ2n) is 13.3. The van der Waals surface area contributed by atoms with Crippen molar-refractivity contribution in [3.05, 3.63) is 109 Å². The number of allylic oxidation sites excluding steroid dienone is 2. The van der Waals surface area contributed by atoms with E-state index in [2.05, 4.69) is 96.5 Å². The molecule has 49 heavy (non-hydrogen) atoms. The summed E-state index contributed by atoms with van der Waals surface area (Å²) in [6, 6.07) is 32.3. The van der Waals surface area contributed by atoms with Crippen LogP contribution in [0.5, 0.6) is 0 Å². The van der Waals surface area contributed by atoms with Gasteiger partial charge in [0.15, 0.2) is 5.78 Å². The van der Waals surface area contributed by atoms with Gasteiger partial charge >= 0.3 is 0 Å². The van der Waals surface area contributed by atoms with Gasteiger partial charge in [-0.1, -0.05) is 100 Å². The normalized spacial score (nSPS) is 13.8. The summed E-state index contributed by atoms with van der Waals surface area (Å²) < 4.78 is 4.77. The van der Waals surface area contributed by atoms with Crippen molar-refractivity contribution in [2.45, 2.75) is 85.0 Å². The van der Waals surface area contributed by atoms with Gasteiger partial charge in [0.2, 0.25) is 0 Å². The minimum absolute atomic E-state index is 0. The Bertz CT molecular complexity index is 2100. The van der Waals surface area contributed by atoms with Gasteiger partial charge in [-0.3, -0.25) is 4.79 Å². The number of hydrogen-bond donors (Lipinski definition) is 1. The average molecular weight is 847 g/mol. The molecule has 3 nitrogen and oxygen atoms in total. The van der Waals surface area contributed by atoms with Gasteiger partial charge in [0.1, 0.15) is 11.2 Å². The van der Waals surface area contributed by atoms with Crippen LogP contribution < -0.4 is 4.57 Å². The van der Waals surface area contributed by atoms with Crippen molar-refractivity contribution >= 4 is 59.0 Å². The van der Waals surface area contributed by atoms with Crippen LogP contribution in [0, 0.1) is 24.9 Å². The van der Waals surface area contributed by atoms with E-state index < -0.39 is 0 Å². The van der Waals surface area contributed by atoms with Crippen LogP contribution in [0.15, 0.2) is 90.7 Å². The Morgan fingerprint density at radius 2 is 1.55 bits per heavy atom. The minimum Gasteiger partial charge on any atom is -0.512 e. The van der Waals surface area contributed by atoms with E-state index in [1.165, 1.54) is 79.2 Å². The zero-order chi connectivity index (χ0) is 33.8. The van der Waals surface area contributed by atoms with Gasteiger partial charge in [-0.2, -0.15) is 11.3 Å². The Balaban J connectivity index is 0.000000252. The molecule has 1 radical (unpaired) electrons. The monoisotopic (exact) mass is 847 g/mol. The molecular weight excluding hydrogens is 799 g/mol. The molecule has 2 aromatic heterocycles. The van der Waals surface area contributed by atoms with Crippen molar-refractivity contribution in [1.29, 1.82) is 0 Å². The molecule has 1 aliphatic rings. The number of ketones is 1. The van der Waals surface area contributed by atoms with Crippen LogP contribution in [0.1, 0.15) is 90.5 Å². The second kappa shape index (κ2) is 16.5. The molecule has 1 aliphatic carbocycles. The Hall–Kier alpha value is -3.50. The summed E-state index contributed by atoms with van der Waals surface area (Å²) in [7, 11) is 4.56. The summed E-state index contributed by atoms with van der Waals surface area (Å²) in [5, 5.41) is 16.4. The number of aliphatic hydroxyl groups excluding tert-OH is 1. The molecule has 0 atom stereocenters. The fourth-order valence-corrected chi connectivity index (χ4v) is 8.85. The standard InChI is InChI=1S/C31H24NS.C13H24O2.Ir/c1-32-27-18-17-21-11-4-5-12-22(21)30(27)26(20-9-2-3-10-20)19-28(32)25-15-8-14-24-23-13-6-7-16-29(23)33-31(24)25;1-5-10(6-2)12(14)9-13(15)11(7-3)8-4;/h4-8,11-14,16-20H,1-3,9-10H2;9-11,14H,5-8H2,1-4H3;/q-1;;/b;12-9-;. The number of carbonyl (C=O) groups excluding carboxylic acids is 1. The largest absolute Gasteiger partial charge is 0.512 e. The number of pyridine rings is 1. The van der Waals surface area contributed by atoms with Gasteiger partial charge < -0.3 is 9.67 Å². The van der Waals surface area contributed by atoms with Gasteiger partial charge in [-0.15, -0.1) is 18.2 Å². The Labute approximate surface area is 309 Å². The van der Waals surface area contributed by atoms with E-state index in [-0.39, 0.29) is 43.5 Å². The third-order valence-electron chi connectivity index (χ3n) is 10.5. The number of rotatable bonds is 9. The molecule has 0 bridgehead atoms. The van der Waals surface area contributed by atoms with Crippen molar-refractivity contribution in [2.24, 2.45) is 11.8 Å². The fourth-order valence-electron chi connectivity index (χ4n) is 7.64. The average Bonchev–Trinajstić information content (AvgIpc) is 3.79. The smallest absolute Gasteiger partial charge is 0.162 e. The Morgan fingerprint density at radius 3 is 2.24 bits per heavy atom. The van der Waals surface area contributed by atoms with Crippen molar-refractivity contribution in [3.63, 3.8) is 0 Å². The molecule has 2 heterocycles. The Kier molecular flexibility index (Phi) is 12.4. The molecule has 0 saturated heterocycles. The van der Waals surface area contributed by atoms with Crippen molar-refractivity contribution < 1.29 is 34.6 Å². The van der Waals surface area contributed by atoms with Crippen molar-refractivity contribution in [3.8, 4) is 11.3 Å². The molecule has 0 spiro atoms. The number of thiophene rings is 1. The van der Waals surface area contributed by atoms with Gasteiger partial charge in [0.25, 0.3) is 0 Å². The Morgan fingerprint density at radius 1 is 0.898 bits per heavy atom. The third-order valence-corrected chi connectivity index (χ3v) is 11.7. The van der Waals surface area contributed by atoms with E-state index in [4.69, 9.17) is 0 Å². The third kappa shape index (κ3) is 7.36. The molecule has 1 fully saturated rings. The van der Waals surface area contributed by atoms with Crippen LogP contribution in [0.3, 0.4) is 0 Å². The molecule has 0 aliphatic heterocycles.